The van der Waals surface area contributed by atoms with E-state index in [1.807, 2.05) is 6.92 Å². The Hall–Kier alpha value is -2.37. The second-order valence-corrected chi connectivity index (χ2v) is 4.21. The highest BCUT2D eigenvalue weighted by molar-refractivity contribution is 5.67. The molecule has 106 valence electrons. The lowest BCUT2D eigenvalue weighted by Crippen LogP contribution is -2.10. The summed E-state index contributed by atoms with van der Waals surface area (Å²) in [5, 5.41) is 3.02. The second kappa shape index (κ2) is 6.18. The minimum absolute atomic E-state index is 0.268. The van der Waals surface area contributed by atoms with Gasteiger partial charge < -0.3 is 15.8 Å². The summed E-state index contributed by atoms with van der Waals surface area (Å²) in [6.07, 6.45) is 0.658. The lowest BCUT2D eigenvalue weighted by Gasteiger charge is -2.12. The van der Waals surface area contributed by atoms with Crippen molar-refractivity contribution in [3.8, 4) is 5.88 Å². The van der Waals surface area contributed by atoms with Crippen LogP contribution in [-0.4, -0.2) is 17.1 Å². The fourth-order valence-corrected chi connectivity index (χ4v) is 1.76. The number of nitrogens with two attached hydrogens (primary N) is 1. The van der Waals surface area contributed by atoms with E-state index in [9.17, 15) is 4.39 Å². The van der Waals surface area contributed by atoms with Gasteiger partial charge in [-0.25, -0.2) is 9.37 Å². The Labute approximate surface area is 117 Å². The van der Waals surface area contributed by atoms with E-state index in [2.05, 4.69) is 15.3 Å². The van der Waals surface area contributed by atoms with Crippen LogP contribution in [0, 0.1) is 5.82 Å². The van der Waals surface area contributed by atoms with Crippen LogP contribution in [-0.2, 0) is 13.0 Å². The van der Waals surface area contributed by atoms with Crippen LogP contribution in [0.25, 0.3) is 0 Å². The molecule has 1 aromatic carbocycles. The lowest BCUT2D eigenvalue weighted by molar-refractivity contribution is 0.397. The number of benzene rings is 1. The second-order valence-electron chi connectivity index (χ2n) is 4.21. The van der Waals surface area contributed by atoms with Gasteiger partial charge in [0.15, 0.2) is 5.82 Å². The summed E-state index contributed by atoms with van der Waals surface area (Å²) in [6.45, 7) is 2.23. The van der Waals surface area contributed by atoms with Crippen LogP contribution in [0.15, 0.2) is 24.3 Å². The molecule has 2 aromatic rings. The van der Waals surface area contributed by atoms with Crippen LogP contribution in [0.1, 0.15) is 18.3 Å². The van der Waals surface area contributed by atoms with Gasteiger partial charge in [0.2, 0.25) is 5.88 Å². The van der Waals surface area contributed by atoms with E-state index >= 15 is 0 Å². The van der Waals surface area contributed by atoms with Crippen molar-refractivity contribution in [1.29, 1.82) is 0 Å². The number of methoxy groups -OCH3 is 1. The summed E-state index contributed by atoms with van der Waals surface area (Å²) in [5.74, 6) is 1.13. The molecule has 2 rings (SSSR count). The zero-order valence-electron chi connectivity index (χ0n) is 11.5. The monoisotopic (exact) mass is 276 g/mol. The van der Waals surface area contributed by atoms with Gasteiger partial charge in [0.05, 0.1) is 7.11 Å². The molecule has 0 amide bonds. The molecule has 0 spiro atoms. The lowest BCUT2D eigenvalue weighted by atomic mass is 10.2. The maximum Gasteiger partial charge on any atom is 0.242 e. The number of nitrogen functional groups attached to an aromatic ring is 1. The van der Waals surface area contributed by atoms with Crippen molar-refractivity contribution in [3.05, 3.63) is 41.5 Å². The smallest absolute Gasteiger partial charge is 0.242 e. The summed E-state index contributed by atoms with van der Waals surface area (Å²) < 4.78 is 18.7. The Bertz CT molecular complexity index is 604. The van der Waals surface area contributed by atoms with Crippen molar-refractivity contribution in [2.24, 2.45) is 0 Å². The number of ether oxygens (including phenoxy) is 1. The molecular formula is C14H17FN4O. The van der Waals surface area contributed by atoms with E-state index in [0.717, 1.165) is 0 Å². The molecule has 6 heteroatoms. The van der Waals surface area contributed by atoms with E-state index < -0.39 is 0 Å². The maximum atomic E-state index is 13.6. The van der Waals surface area contributed by atoms with Crippen molar-refractivity contribution >= 4 is 11.5 Å². The highest BCUT2D eigenvalue weighted by atomic mass is 19.1. The minimum atomic E-state index is -0.268. The molecule has 20 heavy (non-hydrogen) atoms. The number of aromatic nitrogens is 2. The summed E-state index contributed by atoms with van der Waals surface area (Å²) in [5.41, 5.74) is 6.78. The predicted octanol–water partition coefficient (Wildman–Crippen LogP) is 2.38. The van der Waals surface area contributed by atoms with Crippen LogP contribution in [0.4, 0.5) is 15.9 Å². The molecule has 3 N–H and O–H groups in total. The molecule has 1 heterocycles. The van der Waals surface area contributed by atoms with E-state index in [-0.39, 0.29) is 5.82 Å². The molecule has 0 aliphatic heterocycles. The zero-order chi connectivity index (χ0) is 14.5. The van der Waals surface area contributed by atoms with E-state index in [4.69, 9.17) is 10.5 Å². The summed E-state index contributed by atoms with van der Waals surface area (Å²) in [4.78, 5) is 8.46. The van der Waals surface area contributed by atoms with Crippen LogP contribution in [0.5, 0.6) is 5.88 Å². The van der Waals surface area contributed by atoms with Crippen molar-refractivity contribution < 1.29 is 9.13 Å². The van der Waals surface area contributed by atoms with Gasteiger partial charge in [0, 0.05) is 18.5 Å². The number of nitrogens with zero attached hydrogens (tertiary/aromatic N) is 2. The van der Waals surface area contributed by atoms with Crippen molar-refractivity contribution in [2.45, 2.75) is 19.9 Å². The van der Waals surface area contributed by atoms with E-state index in [0.29, 0.717) is 41.7 Å². The van der Waals surface area contributed by atoms with Gasteiger partial charge in [-0.2, -0.15) is 4.98 Å². The predicted molar refractivity (Wildman–Crippen MR) is 76.1 cm³/mol. The van der Waals surface area contributed by atoms with Gasteiger partial charge in [-0.05, 0) is 6.07 Å². The van der Waals surface area contributed by atoms with Gasteiger partial charge in [0.25, 0.3) is 0 Å². The molecule has 0 aliphatic rings. The number of nitrogens with one attached hydrogen (secondary N) is 1. The largest absolute Gasteiger partial charge is 0.479 e. The molecule has 5 nitrogen and oxygen atoms in total. The Morgan fingerprint density at radius 2 is 2.05 bits per heavy atom. The first-order chi connectivity index (χ1) is 9.65. The first kappa shape index (κ1) is 14.0. The number of aryl methyl sites for hydroxylation is 1. The van der Waals surface area contributed by atoms with Crippen LogP contribution >= 0.6 is 0 Å². The molecule has 0 bridgehead atoms. The van der Waals surface area contributed by atoms with Crippen molar-refractivity contribution in [2.75, 3.05) is 18.2 Å². The summed E-state index contributed by atoms with van der Waals surface area (Å²) in [7, 11) is 1.50. The van der Waals surface area contributed by atoms with Crippen molar-refractivity contribution in [3.63, 3.8) is 0 Å². The average molecular weight is 276 g/mol. The molecule has 1 aromatic heterocycles. The van der Waals surface area contributed by atoms with Gasteiger partial charge in [-0.1, -0.05) is 25.1 Å². The average Bonchev–Trinajstić information content (AvgIpc) is 2.47. The quantitative estimate of drug-likeness (QED) is 0.877. The summed E-state index contributed by atoms with van der Waals surface area (Å²) in [6, 6.07) is 6.55. The van der Waals surface area contributed by atoms with E-state index in [1.54, 1.807) is 18.2 Å². The third-order valence-electron chi connectivity index (χ3n) is 2.87. The normalized spacial score (nSPS) is 10.3. The topological polar surface area (TPSA) is 73.1 Å². The molecule has 0 saturated heterocycles. The molecule has 0 fully saturated rings. The fraction of sp³-hybridized carbons (Fsp3) is 0.286. The minimum Gasteiger partial charge on any atom is -0.479 e. The molecule has 0 unspecified atom stereocenters. The molecular weight excluding hydrogens is 259 g/mol. The Kier molecular flexibility index (Phi) is 4.34. The number of halogens is 1. The zero-order valence-corrected chi connectivity index (χ0v) is 11.5. The third kappa shape index (κ3) is 2.96. The van der Waals surface area contributed by atoms with Gasteiger partial charge in [-0.15, -0.1) is 0 Å². The highest BCUT2D eigenvalue weighted by Crippen LogP contribution is 2.26. The van der Waals surface area contributed by atoms with Gasteiger partial charge in [-0.3, -0.25) is 0 Å². The SMILES string of the molecule is CCc1nc(NCc2ccccc2F)c(N)c(OC)n1. The van der Waals surface area contributed by atoms with E-state index in [1.165, 1.54) is 13.2 Å². The number of anilines is 2. The first-order valence-electron chi connectivity index (χ1n) is 6.33. The Morgan fingerprint density at radius 3 is 2.70 bits per heavy atom. The number of hydrogen-bond acceptors (Lipinski definition) is 5. The number of hydrogen-bond donors (Lipinski definition) is 2. The van der Waals surface area contributed by atoms with Crippen LogP contribution < -0.4 is 15.8 Å². The molecule has 0 atom stereocenters. The van der Waals surface area contributed by atoms with Crippen LogP contribution in [0.2, 0.25) is 0 Å². The standard InChI is InChI=1S/C14H17FN4O/c1-3-11-18-13(12(16)14(19-11)20-2)17-8-9-6-4-5-7-10(9)15/h4-7H,3,8,16H2,1-2H3,(H,17,18,19). The molecule has 0 aliphatic carbocycles. The summed E-state index contributed by atoms with van der Waals surface area (Å²) >= 11 is 0. The number of rotatable bonds is 5. The van der Waals surface area contributed by atoms with Crippen molar-refractivity contribution in [1.82, 2.24) is 9.97 Å². The first-order valence-corrected chi connectivity index (χ1v) is 6.33. The fourth-order valence-electron chi connectivity index (χ4n) is 1.76. The Balaban J connectivity index is 2.23. The van der Waals surface area contributed by atoms with Gasteiger partial charge in [0.1, 0.15) is 17.3 Å². The van der Waals surface area contributed by atoms with Gasteiger partial charge >= 0.3 is 0 Å². The third-order valence-corrected chi connectivity index (χ3v) is 2.87. The highest BCUT2D eigenvalue weighted by Gasteiger charge is 2.12. The Morgan fingerprint density at radius 1 is 1.30 bits per heavy atom. The van der Waals surface area contributed by atoms with Crippen LogP contribution in [0.3, 0.4) is 0 Å². The maximum absolute atomic E-state index is 13.6. The molecule has 0 radical (unpaired) electrons. The molecule has 0 saturated carbocycles.